The van der Waals surface area contributed by atoms with Crippen LogP contribution in [-0.2, 0) is 9.59 Å². The Kier molecular flexibility index (Phi) is 5.79. The Bertz CT molecular complexity index is 550. The van der Waals surface area contributed by atoms with Crippen LogP contribution in [0.4, 0.5) is 17.1 Å². The molecule has 6 nitrogen and oxygen atoms in total. The fourth-order valence-electron chi connectivity index (χ4n) is 1.96. The zero-order chi connectivity index (χ0) is 16.9. The first kappa shape index (κ1) is 17.8. The molecule has 0 heterocycles. The molecule has 1 rings (SSSR count). The first-order valence-corrected chi connectivity index (χ1v) is 7.28. The Morgan fingerprint density at radius 3 is 2.41 bits per heavy atom. The molecule has 0 saturated carbocycles. The molecule has 6 heteroatoms. The molecule has 0 spiro atoms. The van der Waals surface area contributed by atoms with Crippen LogP contribution in [0.5, 0.6) is 0 Å². The Morgan fingerprint density at radius 1 is 1.27 bits per heavy atom. The van der Waals surface area contributed by atoms with Crippen molar-refractivity contribution >= 4 is 28.9 Å². The molecular weight excluding hydrogens is 280 g/mol. The number of amides is 2. The number of carbonyl (C=O) groups is 2. The van der Waals surface area contributed by atoms with Gasteiger partial charge >= 0.3 is 0 Å². The second kappa shape index (κ2) is 7.15. The van der Waals surface area contributed by atoms with E-state index in [1.165, 1.54) is 0 Å². The second-order valence-electron chi connectivity index (χ2n) is 6.60. The molecule has 0 fully saturated rings. The van der Waals surface area contributed by atoms with Crippen LogP contribution in [0.25, 0.3) is 0 Å². The molecule has 0 saturated heterocycles. The van der Waals surface area contributed by atoms with Crippen molar-refractivity contribution in [2.75, 3.05) is 29.5 Å². The number of carbonyl (C=O) groups excluding carboxylic acids is 2. The molecule has 122 valence electrons. The van der Waals surface area contributed by atoms with Crippen LogP contribution >= 0.6 is 0 Å². The summed E-state index contributed by atoms with van der Waals surface area (Å²) in [5.41, 5.74) is 13.0. The quantitative estimate of drug-likeness (QED) is 0.699. The lowest BCUT2D eigenvalue weighted by Crippen LogP contribution is -2.29. The minimum Gasteiger partial charge on any atom is -0.397 e. The van der Waals surface area contributed by atoms with E-state index < -0.39 is 0 Å². The smallest absolute Gasteiger partial charge is 0.227 e. The second-order valence-corrected chi connectivity index (χ2v) is 6.60. The van der Waals surface area contributed by atoms with Crippen molar-refractivity contribution in [2.45, 2.75) is 33.6 Å². The van der Waals surface area contributed by atoms with Crippen molar-refractivity contribution in [3.63, 3.8) is 0 Å². The van der Waals surface area contributed by atoms with Crippen molar-refractivity contribution in [3.05, 3.63) is 18.2 Å². The number of hydrogen-bond acceptors (Lipinski definition) is 4. The van der Waals surface area contributed by atoms with Crippen molar-refractivity contribution in [3.8, 4) is 0 Å². The predicted octanol–water partition coefficient (Wildman–Crippen LogP) is 1.96. The Morgan fingerprint density at radius 2 is 1.91 bits per heavy atom. The summed E-state index contributed by atoms with van der Waals surface area (Å²) in [4.78, 5) is 24.5. The molecule has 0 aliphatic rings. The molecule has 1 aromatic rings. The fraction of sp³-hybridized carbons (Fsp3) is 0.500. The molecule has 0 aliphatic carbocycles. The molecule has 2 amide bonds. The van der Waals surface area contributed by atoms with Gasteiger partial charge in [-0.25, -0.2) is 0 Å². The van der Waals surface area contributed by atoms with E-state index in [-0.39, 0.29) is 23.7 Å². The van der Waals surface area contributed by atoms with Gasteiger partial charge in [0, 0.05) is 32.1 Å². The number of nitrogens with zero attached hydrogens (tertiary/aromatic N) is 1. The standard InChI is InChI=1S/C16H26N4O2/c1-16(2,3)10-15(22)20(4)11-5-6-13(12(17)9-11)19-8-7-14(18)21/h5-6,9,19H,7-8,10,17H2,1-4H3,(H2,18,21). The summed E-state index contributed by atoms with van der Waals surface area (Å²) in [5, 5.41) is 3.05. The third-order valence-corrected chi connectivity index (χ3v) is 3.16. The number of nitrogens with one attached hydrogen (secondary N) is 1. The highest BCUT2D eigenvalue weighted by Gasteiger charge is 2.20. The van der Waals surface area contributed by atoms with Gasteiger partial charge in [0.2, 0.25) is 11.8 Å². The highest BCUT2D eigenvalue weighted by Crippen LogP contribution is 2.27. The minimum absolute atomic E-state index is 0.0429. The lowest BCUT2D eigenvalue weighted by atomic mass is 9.91. The van der Waals surface area contributed by atoms with E-state index in [1.807, 2.05) is 26.8 Å². The number of nitrogens with two attached hydrogens (primary N) is 2. The van der Waals surface area contributed by atoms with Crippen molar-refractivity contribution in [1.82, 2.24) is 0 Å². The van der Waals surface area contributed by atoms with Gasteiger partial charge in [0.05, 0.1) is 11.4 Å². The molecule has 22 heavy (non-hydrogen) atoms. The first-order chi connectivity index (χ1) is 10.1. The number of rotatable bonds is 6. The lowest BCUT2D eigenvalue weighted by molar-refractivity contribution is -0.120. The van der Waals surface area contributed by atoms with Gasteiger partial charge in [-0.1, -0.05) is 20.8 Å². The van der Waals surface area contributed by atoms with Gasteiger partial charge in [0.1, 0.15) is 0 Å². The van der Waals surface area contributed by atoms with E-state index in [2.05, 4.69) is 5.32 Å². The van der Waals surface area contributed by atoms with Crippen molar-refractivity contribution < 1.29 is 9.59 Å². The molecule has 5 N–H and O–H groups in total. The van der Waals surface area contributed by atoms with E-state index in [0.717, 1.165) is 11.4 Å². The monoisotopic (exact) mass is 306 g/mol. The molecule has 0 unspecified atom stereocenters. The SMILES string of the molecule is CN(C(=O)CC(C)(C)C)c1ccc(NCCC(N)=O)c(N)c1. The molecule has 1 aromatic carbocycles. The van der Waals surface area contributed by atoms with Crippen LogP contribution in [0.2, 0.25) is 0 Å². The zero-order valence-electron chi connectivity index (χ0n) is 13.8. The molecule has 0 aliphatic heterocycles. The number of benzene rings is 1. The van der Waals surface area contributed by atoms with E-state index in [4.69, 9.17) is 11.5 Å². The average Bonchev–Trinajstić information content (AvgIpc) is 2.37. The summed E-state index contributed by atoms with van der Waals surface area (Å²) < 4.78 is 0. The van der Waals surface area contributed by atoms with Crippen LogP contribution in [0, 0.1) is 5.41 Å². The van der Waals surface area contributed by atoms with E-state index in [1.54, 1.807) is 24.1 Å². The number of hydrogen-bond donors (Lipinski definition) is 3. The third-order valence-electron chi connectivity index (χ3n) is 3.16. The first-order valence-electron chi connectivity index (χ1n) is 7.28. The number of primary amides is 1. The Hall–Kier alpha value is -2.24. The molecule has 0 bridgehead atoms. The molecule has 0 aromatic heterocycles. The predicted molar refractivity (Wildman–Crippen MR) is 90.6 cm³/mol. The van der Waals surface area contributed by atoms with Gasteiger partial charge in [-0.3, -0.25) is 9.59 Å². The Balaban J connectivity index is 2.75. The normalized spacial score (nSPS) is 11.1. The van der Waals surface area contributed by atoms with Crippen LogP contribution in [0.1, 0.15) is 33.6 Å². The molecular formula is C16H26N4O2. The van der Waals surface area contributed by atoms with Crippen molar-refractivity contribution in [2.24, 2.45) is 11.1 Å². The Labute approximate surface area is 131 Å². The minimum atomic E-state index is -0.366. The third kappa shape index (κ3) is 5.63. The summed E-state index contributed by atoms with van der Waals surface area (Å²) in [6, 6.07) is 5.36. The maximum atomic E-state index is 12.2. The largest absolute Gasteiger partial charge is 0.397 e. The van der Waals surface area contributed by atoms with E-state index >= 15 is 0 Å². The van der Waals surface area contributed by atoms with E-state index in [0.29, 0.717) is 18.7 Å². The average molecular weight is 306 g/mol. The lowest BCUT2D eigenvalue weighted by Gasteiger charge is -2.24. The zero-order valence-corrected chi connectivity index (χ0v) is 13.8. The van der Waals surface area contributed by atoms with Gasteiger partial charge in [-0.2, -0.15) is 0 Å². The number of nitrogen functional groups attached to an aromatic ring is 1. The summed E-state index contributed by atoms with van der Waals surface area (Å²) in [5.74, 6) is -0.323. The van der Waals surface area contributed by atoms with Gasteiger partial charge in [0.15, 0.2) is 0 Å². The van der Waals surface area contributed by atoms with Crippen LogP contribution in [-0.4, -0.2) is 25.4 Å². The maximum absolute atomic E-state index is 12.2. The van der Waals surface area contributed by atoms with E-state index in [9.17, 15) is 9.59 Å². The van der Waals surface area contributed by atoms with Crippen LogP contribution < -0.4 is 21.7 Å². The summed E-state index contributed by atoms with van der Waals surface area (Å²) >= 11 is 0. The van der Waals surface area contributed by atoms with Gasteiger partial charge < -0.3 is 21.7 Å². The van der Waals surface area contributed by atoms with Gasteiger partial charge in [-0.05, 0) is 23.6 Å². The maximum Gasteiger partial charge on any atom is 0.227 e. The molecule has 0 radical (unpaired) electrons. The summed E-state index contributed by atoms with van der Waals surface area (Å²) in [6.07, 6.45) is 0.702. The van der Waals surface area contributed by atoms with Crippen LogP contribution in [0.3, 0.4) is 0 Å². The molecule has 0 atom stereocenters. The fourth-order valence-corrected chi connectivity index (χ4v) is 1.96. The van der Waals surface area contributed by atoms with Crippen LogP contribution in [0.15, 0.2) is 18.2 Å². The van der Waals surface area contributed by atoms with Gasteiger partial charge in [-0.15, -0.1) is 0 Å². The topological polar surface area (TPSA) is 101 Å². The van der Waals surface area contributed by atoms with Crippen molar-refractivity contribution in [1.29, 1.82) is 0 Å². The summed E-state index contributed by atoms with van der Waals surface area (Å²) in [6.45, 7) is 6.51. The highest BCUT2D eigenvalue weighted by atomic mass is 16.2. The highest BCUT2D eigenvalue weighted by molar-refractivity contribution is 5.94. The summed E-state index contributed by atoms with van der Waals surface area (Å²) in [7, 11) is 1.74. The number of anilines is 3. The van der Waals surface area contributed by atoms with Gasteiger partial charge in [0.25, 0.3) is 0 Å².